The molecule has 0 amide bonds. The zero-order valence-electron chi connectivity index (χ0n) is 16.7. The van der Waals surface area contributed by atoms with E-state index in [1.807, 2.05) is 12.3 Å². The second-order valence-corrected chi connectivity index (χ2v) is 9.70. The highest BCUT2D eigenvalue weighted by Gasteiger charge is 2.57. The number of carbonyl (C=O) groups excluding carboxylic acids is 1. The van der Waals surface area contributed by atoms with Gasteiger partial charge in [0.25, 0.3) is 0 Å². The smallest absolute Gasteiger partial charge is 0.157 e. The summed E-state index contributed by atoms with van der Waals surface area (Å²) in [6.07, 6.45) is 13.8. The molecule has 0 spiro atoms. The number of aryl methyl sites for hydroxylation is 1. The predicted molar refractivity (Wildman–Crippen MR) is 108 cm³/mol. The van der Waals surface area contributed by atoms with Gasteiger partial charge in [-0.05, 0) is 78.5 Å². The van der Waals surface area contributed by atoms with Crippen LogP contribution in [0.1, 0.15) is 57.1 Å². The SMILES string of the molecule is Cc1ccncc1C1=CC[C@H]2[C@@H]3CNC4=CC(=O)CC[C@]4(C)[C@H]3CC[C@]12C. The van der Waals surface area contributed by atoms with Crippen molar-refractivity contribution in [3.8, 4) is 0 Å². The number of ketones is 1. The molecule has 3 aliphatic carbocycles. The highest BCUT2D eigenvalue weighted by atomic mass is 16.1. The fourth-order valence-corrected chi connectivity index (χ4v) is 6.88. The standard InChI is InChI=1S/C24H30N2O/c1-15-8-11-25-13-17(15)19-4-5-20-18-14-26-22-12-16(27)6-9-24(22,3)21(18)7-10-23(19,20)2/h4,8,11-13,18,20-21,26H,5-7,9-10,14H2,1-3H3/t18-,20-,21-,23+,24+/m0/s1. The minimum Gasteiger partial charge on any atom is -0.387 e. The van der Waals surface area contributed by atoms with Crippen LogP contribution in [0.15, 0.2) is 36.3 Å². The molecule has 1 N–H and O–H groups in total. The maximum atomic E-state index is 12.0. The number of rotatable bonds is 1. The number of pyridine rings is 1. The van der Waals surface area contributed by atoms with Gasteiger partial charge in [0.1, 0.15) is 0 Å². The quantitative estimate of drug-likeness (QED) is 0.788. The van der Waals surface area contributed by atoms with Crippen molar-refractivity contribution < 1.29 is 4.79 Å². The van der Waals surface area contributed by atoms with Gasteiger partial charge in [-0.2, -0.15) is 0 Å². The van der Waals surface area contributed by atoms with Gasteiger partial charge in [-0.25, -0.2) is 0 Å². The van der Waals surface area contributed by atoms with Crippen LogP contribution in [-0.2, 0) is 4.79 Å². The maximum Gasteiger partial charge on any atom is 0.157 e. The Balaban J connectivity index is 1.49. The Hall–Kier alpha value is -1.90. The third kappa shape index (κ3) is 2.33. The Labute approximate surface area is 162 Å². The minimum absolute atomic E-state index is 0.158. The second-order valence-electron chi connectivity index (χ2n) is 9.70. The Morgan fingerprint density at radius 2 is 2.04 bits per heavy atom. The molecule has 0 unspecified atom stereocenters. The van der Waals surface area contributed by atoms with Gasteiger partial charge in [-0.3, -0.25) is 9.78 Å². The predicted octanol–water partition coefficient (Wildman–Crippen LogP) is 4.68. The van der Waals surface area contributed by atoms with Crippen LogP contribution in [-0.4, -0.2) is 17.3 Å². The van der Waals surface area contributed by atoms with E-state index in [4.69, 9.17) is 0 Å². The van der Waals surface area contributed by atoms with Crippen LogP contribution in [0.3, 0.4) is 0 Å². The van der Waals surface area contributed by atoms with E-state index in [-0.39, 0.29) is 10.8 Å². The summed E-state index contributed by atoms with van der Waals surface area (Å²) >= 11 is 0. The molecular weight excluding hydrogens is 332 g/mol. The van der Waals surface area contributed by atoms with Gasteiger partial charge in [-0.1, -0.05) is 19.9 Å². The van der Waals surface area contributed by atoms with Crippen molar-refractivity contribution in [2.45, 2.75) is 52.9 Å². The molecule has 4 aliphatic rings. The summed E-state index contributed by atoms with van der Waals surface area (Å²) in [7, 11) is 0. The topological polar surface area (TPSA) is 42.0 Å². The lowest BCUT2D eigenvalue weighted by atomic mass is 9.49. The molecule has 5 rings (SSSR count). The summed E-state index contributed by atoms with van der Waals surface area (Å²) in [6.45, 7) is 8.13. The first-order valence-electron chi connectivity index (χ1n) is 10.5. The zero-order chi connectivity index (χ0) is 18.8. The second kappa shape index (κ2) is 5.80. The molecule has 142 valence electrons. The summed E-state index contributed by atoms with van der Waals surface area (Å²) in [6, 6.07) is 2.14. The molecule has 2 fully saturated rings. The van der Waals surface area contributed by atoms with E-state index >= 15 is 0 Å². The molecule has 27 heavy (non-hydrogen) atoms. The molecule has 1 aliphatic heterocycles. The number of hydrogen-bond donors (Lipinski definition) is 1. The van der Waals surface area contributed by atoms with Gasteiger partial charge in [0.15, 0.2) is 5.78 Å². The highest BCUT2D eigenvalue weighted by molar-refractivity contribution is 5.91. The molecule has 0 aromatic carbocycles. The third-order valence-electron chi connectivity index (χ3n) is 8.51. The van der Waals surface area contributed by atoms with E-state index < -0.39 is 0 Å². The zero-order valence-corrected chi connectivity index (χ0v) is 16.7. The van der Waals surface area contributed by atoms with E-state index in [1.165, 1.54) is 41.7 Å². The molecule has 3 heteroatoms. The van der Waals surface area contributed by atoms with Crippen molar-refractivity contribution in [3.05, 3.63) is 47.4 Å². The van der Waals surface area contributed by atoms with Crippen molar-refractivity contribution in [2.24, 2.45) is 28.6 Å². The molecule has 0 bridgehead atoms. The van der Waals surface area contributed by atoms with Gasteiger partial charge in [0.05, 0.1) is 0 Å². The number of carbonyl (C=O) groups is 1. The van der Waals surface area contributed by atoms with E-state index in [2.05, 4.69) is 49.4 Å². The van der Waals surface area contributed by atoms with Gasteiger partial charge >= 0.3 is 0 Å². The molecule has 0 radical (unpaired) electrons. The van der Waals surface area contributed by atoms with E-state index in [1.54, 1.807) is 0 Å². The van der Waals surface area contributed by atoms with Crippen LogP contribution in [0.2, 0.25) is 0 Å². The first-order chi connectivity index (χ1) is 12.9. The van der Waals surface area contributed by atoms with E-state index in [9.17, 15) is 4.79 Å². The van der Waals surface area contributed by atoms with Crippen LogP contribution in [0.5, 0.6) is 0 Å². The van der Waals surface area contributed by atoms with Gasteiger partial charge in [0.2, 0.25) is 0 Å². The average Bonchev–Trinajstić information content (AvgIpc) is 3.00. The Bertz CT molecular complexity index is 869. The number of hydrogen-bond acceptors (Lipinski definition) is 3. The Morgan fingerprint density at radius 1 is 1.19 bits per heavy atom. The van der Waals surface area contributed by atoms with Gasteiger partial charge < -0.3 is 5.32 Å². The fourth-order valence-electron chi connectivity index (χ4n) is 6.88. The van der Waals surface area contributed by atoms with Crippen LogP contribution in [0.25, 0.3) is 5.57 Å². The molecule has 1 saturated carbocycles. The summed E-state index contributed by atoms with van der Waals surface area (Å²) in [5, 5.41) is 3.69. The van der Waals surface area contributed by atoms with E-state index in [0.717, 1.165) is 13.0 Å². The molecule has 1 aromatic rings. The van der Waals surface area contributed by atoms with Crippen molar-refractivity contribution in [2.75, 3.05) is 6.54 Å². The normalized spacial score (nSPS) is 40.3. The molecule has 1 aromatic heterocycles. The highest BCUT2D eigenvalue weighted by Crippen LogP contribution is 2.64. The third-order valence-corrected chi connectivity index (χ3v) is 8.51. The van der Waals surface area contributed by atoms with Crippen molar-refractivity contribution in [1.82, 2.24) is 10.3 Å². The Morgan fingerprint density at radius 3 is 2.85 bits per heavy atom. The molecule has 5 atom stereocenters. The summed E-state index contributed by atoms with van der Waals surface area (Å²) in [5.41, 5.74) is 5.84. The fraction of sp³-hybridized carbons (Fsp3) is 0.583. The van der Waals surface area contributed by atoms with Crippen molar-refractivity contribution in [3.63, 3.8) is 0 Å². The summed E-state index contributed by atoms with van der Waals surface area (Å²) < 4.78 is 0. The lowest BCUT2D eigenvalue weighted by Gasteiger charge is -2.58. The lowest BCUT2D eigenvalue weighted by molar-refractivity contribution is -0.117. The number of nitrogens with zero attached hydrogens (tertiary/aromatic N) is 1. The number of fused-ring (bicyclic) bond motifs is 5. The summed E-state index contributed by atoms with van der Waals surface area (Å²) in [5.74, 6) is 2.36. The van der Waals surface area contributed by atoms with Crippen molar-refractivity contribution >= 4 is 11.4 Å². The van der Waals surface area contributed by atoms with Gasteiger partial charge in [-0.15, -0.1) is 0 Å². The lowest BCUT2D eigenvalue weighted by Crippen LogP contribution is -2.56. The number of aromatic nitrogens is 1. The molecule has 2 heterocycles. The monoisotopic (exact) mass is 362 g/mol. The van der Waals surface area contributed by atoms with Crippen LogP contribution < -0.4 is 5.32 Å². The van der Waals surface area contributed by atoms with Crippen LogP contribution in [0.4, 0.5) is 0 Å². The first kappa shape index (κ1) is 17.2. The Kier molecular flexibility index (Phi) is 3.70. The van der Waals surface area contributed by atoms with Crippen LogP contribution in [0, 0.1) is 35.5 Å². The van der Waals surface area contributed by atoms with Crippen molar-refractivity contribution in [1.29, 1.82) is 0 Å². The van der Waals surface area contributed by atoms with Gasteiger partial charge in [0, 0.05) is 42.5 Å². The number of piperidine rings is 1. The first-order valence-corrected chi connectivity index (χ1v) is 10.5. The molecular formula is C24H30N2O. The number of allylic oxidation sites excluding steroid dienone is 4. The average molecular weight is 363 g/mol. The maximum absolute atomic E-state index is 12.0. The molecule has 3 nitrogen and oxygen atoms in total. The van der Waals surface area contributed by atoms with E-state index in [0.29, 0.717) is 30.0 Å². The minimum atomic E-state index is 0.158. The largest absolute Gasteiger partial charge is 0.387 e. The molecule has 1 saturated heterocycles. The summed E-state index contributed by atoms with van der Waals surface area (Å²) in [4.78, 5) is 16.4. The number of nitrogens with one attached hydrogen (secondary N) is 1. The van der Waals surface area contributed by atoms with Crippen LogP contribution >= 0.6 is 0 Å².